The third-order valence-corrected chi connectivity index (χ3v) is 4.00. The highest BCUT2D eigenvalue weighted by Gasteiger charge is 2.14. The fourth-order valence-electron chi connectivity index (χ4n) is 1.77. The Labute approximate surface area is 113 Å². The maximum absolute atomic E-state index is 6.34. The van der Waals surface area contributed by atoms with Crippen molar-refractivity contribution in [3.8, 4) is 0 Å². The zero-order valence-corrected chi connectivity index (χ0v) is 12.7. The smallest absolute Gasteiger partial charge is 0.0863 e. The first-order valence-corrected chi connectivity index (χ1v) is 7.87. The number of aryl methyl sites for hydroxylation is 2. The zero-order chi connectivity index (χ0) is 12.8. The van der Waals surface area contributed by atoms with Crippen LogP contribution in [0.1, 0.15) is 32.2 Å². The normalized spacial score (nSPS) is 13.0. The predicted octanol–water partition coefficient (Wildman–Crippen LogP) is 2.96. The molecule has 0 aliphatic heterocycles. The molecule has 1 N–H and O–H groups in total. The minimum absolute atomic E-state index is 0.492. The number of rotatable bonds is 7. The maximum atomic E-state index is 6.34. The molecule has 1 rings (SSSR count). The van der Waals surface area contributed by atoms with Crippen molar-refractivity contribution < 1.29 is 0 Å². The Balaban J connectivity index is 2.72. The van der Waals surface area contributed by atoms with Gasteiger partial charge in [0.2, 0.25) is 0 Å². The monoisotopic (exact) mass is 275 g/mol. The van der Waals surface area contributed by atoms with Crippen LogP contribution in [0.25, 0.3) is 0 Å². The van der Waals surface area contributed by atoms with E-state index in [4.69, 9.17) is 11.6 Å². The molecule has 3 nitrogen and oxygen atoms in total. The Morgan fingerprint density at radius 3 is 2.71 bits per heavy atom. The van der Waals surface area contributed by atoms with E-state index in [-0.39, 0.29) is 0 Å². The first-order chi connectivity index (χ1) is 8.13. The Hall–Kier alpha value is -0.190. The second-order valence-electron chi connectivity index (χ2n) is 4.11. The Bertz CT molecular complexity index is 352. The van der Waals surface area contributed by atoms with Crippen LogP contribution in [0, 0.1) is 0 Å². The van der Waals surface area contributed by atoms with Gasteiger partial charge in [-0.25, -0.2) is 0 Å². The molecule has 0 aliphatic rings. The quantitative estimate of drug-likeness (QED) is 0.830. The topological polar surface area (TPSA) is 29.9 Å². The largest absolute Gasteiger partial charge is 0.308 e. The summed E-state index contributed by atoms with van der Waals surface area (Å²) in [5.41, 5.74) is 2.11. The van der Waals surface area contributed by atoms with Gasteiger partial charge in [0.1, 0.15) is 0 Å². The standard InChI is InChI=1S/C12H22ClN3S/c1-5-10-12(13)11(16(6-2)15-10)7-14-9(3)8-17-4/h9,14H,5-8H2,1-4H3. The van der Waals surface area contributed by atoms with Crippen LogP contribution in [0.4, 0.5) is 0 Å². The molecule has 0 radical (unpaired) electrons. The van der Waals surface area contributed by atoms with Gasteiger partial charge >= 0.3 is 0 Å². The van der Waals surface area contributed by atoms with Gasteiger partial charge in [-0.3, -0.25) is 4.68 Å². The van der Waals surface area contributed by atoms with Crippen LogP contribution in [0.3, 0.4) is 0 Å². The lowest BCUT2D eigenvalue weighted by atomic mass is 10.3. The highest BCUT2D eigenvalue weighted by Crippen LogP contribution is 2.21. The molecule has 1 unspecified atom stereocenters. The molecule has 98 valence electrons. The number of thioether (sulfide) groups is 1. The lowest BCUT2D eigenvalue weighted by molar-refractivity contribution is 0.543. The highest BCUT2D eigenvalue weighted by molar-refractivity contribution is 7.98. The molecule has 0 fully saturated rings. The lowest BCUT2D eigenvalue weighted by Gasteiger charge is -2.13. The van der Waals surface area contributed by atoms with Crippen molar-refractivity contribution in [3.05, 3.63) is 16.4 Å². The first kappa shape index (κ1) is 14.9. The van der Waals surface area contributed by atoms with Crippen LogP contribution in [-0.2, 0) is 19.5 Å². The molecular formula is C12H22ClN3S. The van der Waals surface area contributed by atoms with E-state index >= 15 is 0 Å². The minimum atomic E-state index is 0.492. The average molecular weight is 276 g/mol. The van der Waals surface area contributed by atoms with Crippen molar-refractivity contribution >= 4 is 23.4 Å². The lowest BCUT2D eigenvalue weighted by Crippen LogP contribution is -2.28. The minimum Gasteiger partial charge on any atom is -0.308 e. The van der Waals surface area contributed by atoms with Crippen LogP contribution in [0.2, 0.25) is 5.02 Å². The van der Waals surface area contributed by atoms with E-state index in [0.717, 1.165) is 41.7 Å². The van der Waals surface area contributed by atoms with Gasteiger partial charge in [0, 0.05) is 24.9 Å². The molecule has 17 heavy (non-hydrogen) atoms. The summed E-state index contributed by atoms with van der Waals surface area (Å²) in [6, 6.07) is 0.492. The Morgan fingerprint density at radius 2 is 2.18 bits per heavy atom. The third kappa shape index (κ3) is 3.90. The molecule has 5 heteroatoms. The molecule has 0 saturated heterocycles. The van der Waals surface area contributed by atoms with E-state index in [1.807, 2.05) is 16.4 Å². The van der Waals surface area contributed by atoms with Gasteiger partial charge in [-0.1, -0.05) is 18.5 Å². The fourth-order valence-corrected chi connectivity index (χ4v) is 2.72. The first-order valence-electron chi connectivity index (χ1n) is 6.10. The summed E-state index contributed by atoms with van der Waals surface area (Å²) in [5, 5.41) is 8.83. The van der Waals surface area contributed by atoms with E-state index in [2.05, 4.69) is 37.4 Å². The van der Waals surface area contributed by atoms with E-state index in [9.17, 15) is 0 Å². The number of nitrogens with one attached hydrogen (secondary N) is 1. The predicted molar refractivity (Wildman–Crippen MR) is 77.0 cm³/mol. The summed E-state index contributed by atoms with van der Waals surface area (Å²) in [4.78, 5) is 0. The number of halogens is 1. The van der Waals surface area contributed by atoms with Crippen LogP contribution in [0.5, 0.6) is 0 Å². The molecule has 0 aromatic carbocycles. The van der Waals surface area contributed by atoms with Gasteiger partial charge in [0.25, 0.3) is 0 Å². The molecule has 0 spiro atoms. The molecule has 0 aliphatic carbocycles. The van der Waals surface area contributed by atoms with Crippen LogP contribution >= 0.6 is 23.4 Å². The summed E-state index contributed by atoms with van der Waals surface area (Å²) < 4.78 is 2.00. The second kappa shape index (κ2) is 7.29. The third-order valence-electron chi connectivity index (χ3n) is 2.73. The van der Waals surface area contributed by atoms with Crippen LogP contribution in [-0.4, -0.2) is 27.8 Å². The number of nitrogens with zero attached hydrogens (tertiary/aromatic N) is 2. The number of aromatic nitrogens is 2. The van der Waals surface area contributed by atoms with E-state index < -0.39 is 0 Å². The number of hydrogen-bond donors (Lipinski definition) is 1. The van der Waals surface area contributed by atoms with Gasteiger partial charge in [-0.15, -0.1) is 0 Å². The molecule has 1 heterocycles. The summed E-state index contributed by atoms with van der Waals surface area (Å²) >= 11 is 8.19. The van der Waals surface area contributed by atoms with Gasteiger partial charge in [0.05, 0.1) is 16.4 Å². The molecule has 1 aromatic rings. The molecular weight excluding hydrogens is 254 g/mol. The SMILES string of the molecule is CCc1nn(CC)c(CNC(C)CSC)c1Cl. The summed E-state index contributed by atoms with van der Waals surface area (Å²) in [7, 11) is 0. The van der Waals surface area contributed by atoms with Crippen molar-refractivity contribution in [2.45, 2.75) is 46.3 Å². The van der Waals surface area contributed by atoms with E-state index in [1.165, 1.54) is 0 Å². The molecule has 0 bridgehead atoms. The van der Waals surface area contributed by atoms with Gasteiger partial charge < -0.3 is 5.32 Å². The van der Waals surface area contributed by atoms with E-state index in [1.54, 1.807) is 0 Å². The van der Waals surface area contributed by atoms with Crippen molar-refractivity contribution in [2.75, 3.05) is 12.0 Å². The zero-order valence-electron chi connectivity index (χ0n) is 11.1. The van der Waals surface area contributed by atoms with E-state index in [0.29, 0.717) is 6.04 Å². The second-order valence-corrected chi connectivity index (χ2v) is 5.40. The summed E-state index contributed by atoms with van der Waals surface area (Å²) in [5.74, 6) is 1.11. The molecule has 0 amide bonds. The van der Waals surface area contributed by atoms with Crippen LogP contribution in [0.15, 0.2) is 0 Å². The van der Waals surface area contributed by atoms with Gasteiger partial charge in [-0.2, -0.15) is 16.9 Å². The molecule has 1 aromatic heterocycles. The van der Waals surface area contributed by atoms with Gasteiger partial charge in [0.15, 0.2) is 0 Å². The maximum Gasteiger partial charge on any atom is 0.0863 e. The van der Waals surface area contributed by atoms with Crippen molar-refractivity contribution in [1.29, 1.82) is 0 Å². The van der Waals surface area contributed by atoms with Crippen molar-refractivity contribution in [3.63, 3.8) is 0 Å². The Morgan fingerprint density at radius 1 is 1.47 bits per heavy atom. The van der Waals surface area contributed by atoms with Crippen LogP contribution < -0.4 is 5.32 Å². The van der Waals surface area contributed by atoms with Crippen molar-refractivity contribution in [1.82, 2.24) is 15.1 Å². The summed E-state index contributed by atoms with van der Waals surface area (Å²) in [6.45, 7) is 8.03. The average Bonchev–Trinajstić information content (AvgIpc) is 2.63. The Kier molecular flexibility index (Phi) is 6.38. The molecule has 0 saturated carbocycles. The number of hydrogen-bond acceptors (Lipinski definition) is 3. The van der Waals surface area contributed by atoms with Gasteiger partial charge in [-0.05, 0) is 26.5 Å². The molecule has 1 atom stereocenters. The summed E-state index contributed by atoms with van der Waals surface area (Å²) in [6.07, 6.45) is 3.01. The fraction of sp³-hybridized carbons (Fsp3) is 0.750. The highest BCUT2D eigenvalue weighted by atomic mass is 35.5. The van der Waals surface area contributed by atoms with Crippen molar-refractivity contribution in [2.24, 2.45) is 0 Å².